The summed E-state index contributed by atoms with van der Waals surface area (Å²) in [5, 5.41) is 0. The molecule has 2 N–H and O–H groups in total. The Kier molecular flexibility index (Phi) is 3.63. The van der Waals surface area contributed by atoms with E-state index in [9.17, 15) is 0 Å². The summed E-state index contributed by atoms with van der Waals surface area (Å²) in [5.41, 5.74) is 7.38. The zero-order chi connectivity index (χ0) is 12.5. The highest BCUT2D eigenvalue weighted by Crippen LogP contribution is 2.38. The van der Waals surface area contributed by atoms with Crippen LogP contribution in [0.3, 0.4) is 0 Å². The maximum Gasteiger partial charge on any atom is 0.0951 e. The van der Waals surface area contributed by atoms with Crippen molar-refractivity contribution in [3.63, 3.8) is 0 Å². The van der Waals surface area contributed by atoms with Crippen LogP contribution < -0.4 is 5.73 Å². The third kappa shape index (κ3) is 2.31. The van der Waals surface area contributed by atoms with Gasteiger partial charge in [-0.25, -0.2) is 4.98 Å². The Morgan fingerprint density at radius 2 is 2.39 bits per heavy atom. The van der Waals surface area contributed by atoms with Gasteiger partial charge in [0.05, 0.1) is 18.1 Å². The van der Waals surface area contributed by atoms with Crippen molar-refractivity contribution in [1.29, 1.82) is 0 Å². The van der Waals surface area contributed by atoms with Gasteiger partial charge in [0.1, 0.15) is 0 Å². The molecule has 0 bridgehead atoms. The molecule has 4 nitrogen and oxygen atoms in total. The van der Waals surface area contributed by atoms with E-state index in [0.717, 1.165) is 6.54 Å². The van der Waals surface area contributed by atoms with Crippen LogP contribution in [0.4, 0.5) is 0 Å². The van der Waals surface area contributed by atoms with E-state index in [-0.39, 0.29) is 0 Å². The van der Waals surface area contributed by atoms with Crippen LogP contribution in [0.1, 0.15) is 37.5 Å². The molecule has 2 fully saturated rings. The SMILES string of the molecule is CC1CSCCN1C(CN)c1cncn1C1CC1. The summed E-state index contributed by atoms with van der Waals surface area (Å²) in [6.45, 7) is 4.14. The van der Waals surface area contributed by atoms with Gasteiger partial charge < -0.3 is 10.3 Å². The number of rotatable bonds is 4. The number of imidazole rings is 1. The molecule has 1 aliphatic carbocycles. The van der Waals surface area contributed by atoms with Crippen LogP contribution in [0.25, 0.3) is 0 Å². The molecule has 1 aromatic heterocycles. The van der Waals surface area contributed by atoms with Crippen molar-refractivity contribution in [3.8, 4) is 0 Å². The van der Waals surface area contributed by atoms with Crippen LogP contribution in [0.2, 0.25) is 0 Å². The van der Waals surface area contributed by atoms with E-state index in [0.29, 0.717) is 24.7 Å². The lowest BCUT2D eigenvalue weighted by Crippen LogP contribution is -2.45. The molecule has 5 heteroatoms. The first-order valence-electron chi connectivity index (χ1n) is 6.86. The second-order valence-corrected chi connectivity index (χ2v) is 6.52. The fourth-order valence-electron chi connectivity index (χ4n) is 2.86. The highest BCUT2D eigenvalue weighted by molar-refractivity contribution is 7.99. The molecule has 1 aromatic rings. The average Bonchev–Trinajstić information content (AvgIpc) is 3.12. The van der Waals surface area contributed by atoms with Crippen molar-refractivity contribution in [1.82, 2.24) is 14.5 Å². The Hall–Kier alpha value is -0.520. The standard InChI is InChI=1S/C13H22N4S/c1-10-8-18-5-4-16(10)12(6-14)13-7-15-9-17(13)11-2-3-11/h7,9-12H,2-6,8,14H2,1H3. The molecule has 2 heterocycles. The summed E-state index contributed by atoms with van der Waals surface area (Å²) in [6, 6.07) is 1.63. The Balaban J connectivity index is 1.83. The number of nitrogens with zero attached hydrogens (tertiary/aromatic N) is 3. The van der Waals surface area contributed by atoms with Crippen molar-refractivity contribution < 1.29 is 0 Å². The zero-order valence-electron chi connectivity index (χ0n) is 11.0. The maximum atomic E-state index is 6.06. The Bertz CT molecular complexity index is 401. The third-order valence-corrected chi connectivity index (χ3v) is 5.21. The summed E-state index contributed by atoms with van der Waals surface area (Å²) in [7, 11) is 0. The van der Waals surface area contributed by atoms with Gasteiger partial charge in [0.15, 0.2) is 0 Å². The van der Waals surface area contributed by atoms with Crippen molar-refractivity contribution in [3.05, 3.63) is 18.2 Å². The molecule has 18 heavy (non-hydrogen) atoms. The first-order chi connectivity index (χ1) is 8.81. The number of thioether (sulfide) groups is 1. The molecule has 2 atom stereocenters. The molecule has 0 amide bonds. The summed E-state index contributed by atoms with van der Waals surface area (Å²) in [6.07, 6.45) is 6.60. The number of aromatic nitrogens is 2. The third-order valence-electron chi connectivity index (χ3n) is 4.02. The molecule has 0 spiro atoms. The minimum Gasteiger partial charge on any atom is -0.330 e. The Morgan fingerprint density at radius 3 is 3.06 bits per heavy atom. The monoisotopic (exact) mass is 266 g/mol. The predicted octanol–water partition coefficient (Wildman–Crippen LogP) is 1.66. The predicted molar refractivity (Wildman–Crippen MR) is 75.8 cm³/mol. The van der Waals surface area contributed by atoms with E-state index in [2.05, 4.69) is 21.4 Å². The lowest BCUT2D eigenvalue weighted by molar-refractivity contribution is 0.159. The van der Waals surface area contributed by atoms with E-state index >= 15 is 0 Å². The minimum absolute atomic E-state index is 0.337. The Labute approximate surface area is 113 Å². The summed E-state index contributed by atoms with van der Waals surface area (Å²) in [5.74, 6) is 2.44. The van der Waals surface area contributed by atoms with E-state index in [1.807, 2.05) is 24.3 Å². The van der Waals surface area contributed by atoms with Gasteiger partial charge in [-0.1, -0.05) is 0 Å². The molecule has 2 aliphatic rings. The topological polar surface area (TPSA) is 47.1 Å². The molecule has 0 radical (unpaired) electrons. The lowest BCUT2D eigenvalue weighted by Gasteiger charge is -2.39. The first kappa shape index (κ1) is 12.5. The van der Waals surface area contributed by atoms with E-state index < -0.39 is 0 Å². The van der Waals surface area contributed by atoms with Crippen LogP contribution in [0.5, 0.6) is 0 Å². The summed E-state index contributed by atoms with van der Waals surface area (Å²) in [4.78, 5) is 6.91. The van der Waals surface area contributed by atoms with Crippen LogP contribution >= 0.6 is 11.8 Å². The van der Waals surface area contributed by atoms with E-state index in [4.69, 9.17) is 5.73 Å². The zero-order valence-corrected chi connectivity index (χ0v) is 11.8. The van der Waals surface area contributed by atoms with Crippen LogP contribution in [0, 0.1) is 0 Å². The van der Waals surface area contributed by atoms with Gasteiger partial charge >= 0.3 is 0 Å². The number of nitrogens with two attached hydrogens (primary N) is 1. The van der Waals surface area contributed by atoms with Crippen molar-refractivity contribution >= 4 is 11.8 Å². The lowest BCUT2D eigenvalue weighted by atomic mass is 10.1. The molecule has 1 saturated carbocycles. The fraction of sp³-hybridized carbons (Fsp3) is 0.769. The molecule has 2 unspecified atom stereocenters. The van der Waals surface area contributed by atoms with Gasteiger partial charge in [-0.05, 0) is 19.8 Å². The van der Waals surface area contributed by atoms with Crippen molar-refractivity contribution in [2.24, 2.45) is 5.73 Å². The normalized spacial score (nSPS) is 27.3. The second kappa shape index (κ2) is 5.23. The molecule has 3 rings (SSSR count). The van der Waals surface area contributed by atoms with Crippen molar-refractivity contribution in [2.75, 3.05) is 24.6 Å². The molecule has 0 aromatic carbocycles. The summed E-state index contributed by atoms with van der Waals surface area (Å²) >= 11 is 2.05. The van der Waals surface area contributed by atoms with E-state index in [1.165, 1.54) is 30.0 Å². The maximum absolute atomic E-state index is 6.06. The molecule has 1 saturated heterocycles. The molecular formula is C13H22N4S. The van der Waals surface area contributed by atoms with Gasteiger partial charge in [-0.2, -0.15) is 11.8 Å². The minimum atomic E-state index is 0.337. The van der Waals surface area contributed by atoms with Gasteiger partial charge in [0.25, 0.3) is 0 Å². The largest absolute Gasteiger partial charge is 0.330 e. The first-order valence-corrected chi connectivity index (χ1v) is 8.02. The highest BCUT2D eigenvalue weighted by atomic mass is 32.2. The quantitative estimate of drug-likeness (QED) is 0.900. The molecular weight excluding hydrogens is 244 g/mol. The number of hydrogen-bond acceptors (Lipinski definition) is 4. The second-order valence-electron chi connectivity index (χ2n) is 5.37. The van der Waals surface area contributed by atoms with Crippen molar-refractivity contribution in [2.45, 2.75) is 37.9 Å². The Morgan fingerprint density at radius 1 is 1.56 bits per heavy atom. The van der Waals surface area contributed by atoms with Gasteiger partial charge in [0.2, 0.25) is 0 Å². The van der Waals surface area contributed by atoms with Gasteiger partial charge in [-0.3, -0.25) is 4.90 Å². The van der Waals surface area contributed by atoms with Crippen LogP contribution in [-0.4, -0.2) is 45.1 Å². The van der Waals surface area contributed by atoms with E-state index in [1.54, 1.807) is 0 Å². The van der Waals surface area contributed by atoms with Gasteiger partial charge in [0, 0.05) is 42.9 Å². The average molecular weight is 266 g/mol. The smallest absolute Gasteiger partial charge is 0.0951 e. The highest BCUT2D eigenvalue weighted by Gasteiger charge is 2.32. The number of hydrogen-bond donors (Lipinski definition) is 1. The fourth-order valence-corrected chi connectivity index (χ4v) is 3.90. The van der Waals surface area contributed by atoms with Crippen LogP contribution in [-0.2, 0) is 0 Å². The van der Waals surface area contributed by atoms with Gasteiger partial charge in [-0.15, -0.1) is 0 Å². The van der Waals surface area contributed by atoms with Crippen LogP contribution in [0.15, 0.2) is 12.5 Å². The molecule has 100 valence electrons. The molecule has 1 aliphatic heterocycles. The summed E-state index contributed by atoms with van der Waals surface area (Å²) < 4.78 is 2.35.